The third-order valence-electron chi connectivity index (χ3n) is 5.01. The summed E-state index contributed by atoms with van der Waals surface area (Å²) in [5.74, 6) is -0.113. The molecule has 0 bridgehead atoms. The summed E-state index contributed by atoms with van der Waals surface area (Å²) in [7, 11) is 1.49. The zero-order chi connectivity index (χ0) is 23.4. The Bertz CT molecular complexity index is 1210. The van der Waals surface area contributed by atoms with Gasteiger partial charge in [-0.1, -0.05) is 54.1 Å². The van der Waals surface area contributed by atoms with Gasteiger partial charge in [0.1, 0.15) is 18.1 Å². The van der Waals surface area contributed by atoms with Gasteiger partial charge in [0.25, 0.3) is 5.91 Å². The molecule has 1 heterocycles. The Morgan fingerprint density at radius 2 is 1.76 bits per heavy atom. The molecular formula is C25H20ClFN2O4. The van der Waals surface area contributed by atoms with Gasteiger partial charge < -0.3 is 14.8 Å². The highest BCUT2D eigenvalue weighted by molar-refractivity contribution is 6.32. The molecule has 3 aromatic carbocycles. The van der Waals surface area contributed by atoms with Gasteiger partial charge in [-0.25, -0.2) is 9.18 Å². The summed E-state index contributed by atoms with van der Waals surface area (Å²) >= 11 is 6.43. The summed E-state index contributed by atoms with van der Waals surface area (Å²) in [6.45, 7) is 0.336. The van der Waals surface area contributed by atoms with Gasteiger partial charge in [-0.2, -0.15) is 0 Å². The number of nitrogens with zero attached hydrogens (tertiary/aromatic N) is 1. The van der Waals surface area contributed by atoms with Crippen LogP contribution in [0.5, 0.6) is 11.5 Å². The highest BCUT2D eigenvalue weighted by Gasteiger charge is 2.33. The fourth-order valence-corrected chi connectivity index (χ4v) is 3.62. The first kappa shape index (κ1) is 22.4. The van der Waals surface area contributed by atoms with Crippen molar-refractivity contribution in [2.24, 2.45) is 0 Å². The molecule has 1 fully saturated rings. The Kier molecular flexibility index (Phi) is 6.60. The van der Waals surface area contributed by atoms with E-state index in [2.05, 4.69) is 5.32 Å². The van der Waals surface area contributed by atoms with Crippen molar-refractivity contribution >= 4 is 29.6 Å². The van der Waals surface area contributed by atoms with Gasteiger partial charge in [0.15, 0.2) is 11.5 Å². The molecule has 3 aromatic rings. The van der Waals surface area contributed by atoms with Crippen LogP contribution in [0.15, 0.2) is 72.4 Å². The SMILES string of the molecule is COc1cc(/C=C2/NC(=O)N(Cc3ccc(F)cc3)C2=O)cc(Cl)c1OCc1ccccc1. The quantitative estimate of drug-likeness (QED) is 0.386. The summed E-state index contributed by atoms with van der Waals surface area (Å²) in [5.41, 5.74) is 2.25. The summed E-state index contributed by atoms with van der Waals surface area (Å²) < 4.78 is 24.4. The smallest absolute Gasteiger partial charge is 0.329 e. The Morgan fingerprint density at radius 3 is 2.45 bits per heavy atom. The molecule has 0 spiro atoms. The van der Waals surface area contributed by atoms with E-state index in [4.69, 9.17) is 21.1 Å². The van der Waals surface area contributed by atoms with Crippen LogP contribution in [-0.2, 0) is 17.9 Å². The standard InChI is InChI=1S/C25H20ClFN2O4/c1-32-22-13-18(11-20(26)23(22)33-15-17-5-3-2-4-6-17)12-21-24(30)29(25(31)28-21)14-16-7-9-19(27)10-8-16/h2-13H,14-15H2,1H3,(H,28,31)/b21-12+. The maximum Gasteiger partial charge on any atom is 0.329 e. The number of hydrogen-bond donors (Lipinski definition) is 1. The molecule has 1 aliphatic rings. The molecule has 4 rings (SSSR count). The van der Waals surface area contributed by atoms with Crippen LogP contribution in [0.3, 0.4) is 0 Å². The van der Waals surface area contributed by atoms with E-state index in [-0.39, 0.29) is 12.2 Å². The maximum absolute atomic E-state index is 13.1. The average molecular weight is 467 g/mol. The number of carbonyl (C=O) groups is 2. The maximum atomic E-state index is 13.1. The van der Waals surface area contributed by atoms with Gasteiger partial charge in [-0.05, 0) is 47.0 Å². The van der Waals surface area contributed by atoms with Crippen molar-refractivity contribution in [1.29, 1.82) is 0 Å². The predicted molar refractivity (Wildman–Crippen MR) is 122 cm³/mol. The largest absolute Gasteiger partial charge is 0.493 e. The van der Waals surface area contributed by atoms with Crippen LogP contribution in [0.1, 0.15) is 16.7 Å². The van der Waals surface area contributed by atoms with Crippen LogP contribution in [-0.4, -0.2) is 23.9 Å². The van der Waals surface area contributed by atoms with Gasteiger partial charge in [0.2, 0.25) is 0 Å². The van der Waals surface area contributed by atoms with Crippen molar-refractivity contribution in [3.63, 3.8) is 0 Å². The first-order valence-corrected chi connectivity index (χ1v) is 10.5. The fraction of sp³-hybridized carbons (Fsp3) is 0.120. The summed E-state index contributed by atoms with van der Waals surface area (Å²) in [6, 6.07) is 18.0. The van der Waals surface area contributed by atoms with E-state index in [1.807, 2.05) is 30.3 Å². The lowest BCUT2D eigenvalue weighted by atomic mass is 10.1. The molecule has 0 atom stereocenters. The van der Waals surface area contributed by atoms with Crippen LogP contribution in [0.2, 0.25) is 5.02 Å². The predicted octanol–water partition coefficient (Wildman–Crippen LogP) is 5.16. The van der Waals surface area contributed by atoms with Crippen LogP contribution < -0.4 is 14.8 Å². The second-order valence-electron chi connectivity index (χ2n) is 7.31. The van der Waals surface area contributed by atoms with Crippen LogP contribution >= 0.6 is 11.6 Å². The number of imide groups is 1. The van der Waals surface area contributed by atoms with Gasteiger partial charge >= 0.3 is 6.03 Å². The first-order valence-electron chi connectivity index (χ1n) is 10.1. The molecule has 8 heteroatoms. The lowest BCUT2D eigenvalue weighted by Gasteiger charge is -2.13. The number of nitrogens with one attached hydrogen (secondary N) is 1. The lowest BCUT2D eigenvalue weighted by molar-refractivity contribution is -0.123. The molecular weight excluding hydrogens is 447 g/mol. The Balaban J connectivity index is 1.53. The zero-order valence-corrected chi connectivity index (χ0v) is 18.4. The highest BCUT2D eigenvalue weighted by Crippen LogP contribution is 2.37. The zero-order valence-electron chi connectivity index (χ0n) is 17.7. The highest BCUT2D eigenvalue weighted by atomic mass is 35.5. The van der Waals surface area contributed by atoms with E-state index in [1.165, 1.54) is 37.5 Å². The van der Waals surface area contributed by atoms with E-state index in [1.54, 1.807) is 12.1 Å². The number of methoxy groups -OCH3 is 1. The second kappa shape index (κ2) is 9.75. The molecule has 1 saturated heterocycles. The van der Waals surface area contributed by atoms with E-state index < -0.39 is 17.8 Å². The Labute approximate surface area is 195 Å². The minimum atomic E-state index is -0.559. The van der Waals surface area contributed by atoms with Crippen molar-refractivity contribution in [3.8, 4) is 11.5 Å². The van der Waals surface area contributed by atoms with Gasteiger partial charge in [0.05, 0.1) is 18.7 Å². The molecule has 0 aliphatic carbocycles. The molecule has 0 radical (unpaired) electrons. The van der Waals surface area contributed by atoms with Crippen molar-refractivity contribution in [2.45, 2.75) is 13.2 Å². The van der Waals surface area contributed by atoms with Crippen LogP contribution in [0.4, 0.5) is 9.18 Å². The van der Waals surface area contributed by atoms with Crippen molar-refractivity contribution in [2.75, 3.05) is 7.11 Å². The monoisotopic (exact) mass is 466 g/mol. The van der Waals surface area contributed by atoms with E-state index in [9.17, 15) is 14.0 Å². The van der Waals surface area contributed by atoms with Crippen molar-refractivity contribution in [1.82, 2.24) is 10.2 Å². The average Bonchev–Trinajstić information content (AvgIpc) is 3.07. The van der Waals surface area contributed by atoms with E-state index in [0.717, 1.165) is 10.5 Å². The van der Waals surface area contributed by atoms with Gasteiger partial charge in [-0.3, -0.25) is 9.69 Å². The molecule has 33 heavy (non-hydrogen) atoms. The fourth-order valence-electron chi connectivity index (χ4n) is 3.35. The molecule has 0 saturated carbocycles. The topological polar surface area (TPSA) is 67.9 Å². The Hall–Kier alpha value is -3.84. The summed E-state index contributed by atoms with van der Waals surface area (Å²) in [5, 5.41) is 2.86. The second-order valence-corrected chi connectivity index (χ2v) is 7.72. The molecule has 1 aliphatic heterocycles. The third-order valence-corrected chi connectivity index (χ3v) is 5.29. The normalized spacial score (nSPS) is 14.5. The van der Waals surface area contributed by atoms with Gasteiger partial charge in [0, 0.05) is 0 Å². The number of ether oxygens (including phenoxy) is 2. The molecule has 6 nitrogen and oxygen atoms in total. The van der Waals surface area contributed by atoms with Crippen molar-refractivity contribution < 1.29 is 23.5 Å². The molecule has 1 N–H and O–H groups in total. The molecule has 3 amide bonds. The number of carbonyl (C=O) groups excluding carboxylic acids is 2. The van der Waals surface area contributed by atoms with Crippen LogP contribution in [0, 0.1) is 5.82 Å². The third kappa shape index (κ3) is 5.15. The molecule has 168 valence electrons. The van der Waals surface area contributed by atoms with Crippen molar-refractivity contribution in [3.05, 3.63) is 100.0 Å². The number of urea groups is 1. The number of benzene rings is 3. The molecule has 0 unspecified atom stereocenters. The number of amides is 3. The molecule has 0 aromatic heterocycles. The summed E-state index contributed by atoms with van der Waals surface area (Å²) in [4.78, 5) is 26.1. The number of hydrogen-bond acceptors (Lipinski definition) is 4. The first-order chi connectivity index (χ1) is 15.9. The Morgan fingerprint density at radius 1 is 1.03 bits per heavy atom. The number of halogens is 2. The van der Waals surface area contributed by atoms with E-state index >= 15 is 0 Å². The number of rotatable bonds is 7. The van der Waals surface area contributed by atoms with Crippen LogP contribution in [0.25, 0.3) is 6.08 Å². The lowest BCUT2D eigenvalue weighted by Crippen LogP contribution is -2.30. The van der Waals surface area contributed by atoms with E-state index in [0.29, 0.717) is 34.3 Å². The minimum Gasteiger partial charge on any atom is -0.493 e. The van der Waals surface area contributed by atoms with Gasteiger partial charge in [-0.15, -0.1) is 0 Å². The minimum absolute atomic E-state index is 0.0264. The summed E-state index contributed by atoms with van der Waals surface area (Å²) in [6.07, 6.45) is 1.51.